The van der Waals surface area contributed by atoms with E-state index in [1.165, 1.54) is 4.68 Å². The summed E-state index contributed by atoms with van der Waals surface area (Å²) in [4.78, 5) is 12.1. The van der Waals surface area contributed by atoms with Gasteiger partial charge in [0.15, 0.2) is 0 Å². The average molecular weight is 276 g/mol. The Morgan fingerprint density at radius 2 is 1.48 bits per heavy atom. The molecule has 0 atom stereocenters. The molecule has 1 aromatic heterocycles. The Hall–Kier alpha value is -2.68. The van der Waals surface area contributed by atoms with E-state index in [2.05, 4.69) is 5.10 Å². The molecule has 1 heterocycles. The first-order chi connectivity index (χ1) is 10.3. The Labute approximate surface area is 123 Å². The minimum absolute atomic E-state index is 0.0731. The quantitative estimate of drug-likeness (QED) is 0.732. The van der Waals surface area contributed by atoms with Crippen molar-refractivity contribution in [1.82, 2.24) is 9.78 Å². The predicted molar refractivity (Wildman–Crippen MR) is 85.0 cm³/mol. The molecule has 0 saturated heterocycles. The maximum atomic E-state index is 12.1. The average Bonchev–Trinajstić information content (AvgIpc) is 2.56. The van der Waals surface area contributed by atoms with Crippen molar-refractivity contribution in [3.05, 3.63) is 77.1 Å². The number of hydrogen-bond donors (Lipinski definition) is 0. The summed E-state index contributed by atoms with van der Waals surface area (Å²) in [5.74, 6) is 0. The zero-order valence-corrected chi connectivity index (χ0v) is 11.9. The molecule has 3 rings (SSSR count). The molecule has 3 heteroatoms. The van der Waals surface area contributed by atoms with Crippen molar-refractivity contribution in [1.29, 1.82) is 0 Å². The number of aryl methyl sites for hydroxylation is 1. The van der Waals surface area contributed by atoms with Gasteiger partial charge in [0, 0.05) is 23.7 Å². The van der Waals surface area contributed by atoms with Crippen molar-refractivity contribution in [3.8, 4) is 22.4 Å². The van der Waals surface area contributed by atoms with Crippen LogP contribution in [0.25, 0.3) is 22.4 Å². The molecule has 3 nitrogen and oxygen atoms in total. The molecule has 0 N–H and O–H groups in total. The third-order valence-corrected chi connectivity index (χ3v) is 3.43. The second-order valence-corrected chi connectivity index (χ2v) is 4.79. The van der Waals surface area contributed by atoms with Crippen molar-refractivity contribution in [2.75, 3.05) is 0 Å². The summed E-state index contributed by atoms with van der Waals surface area (Å²) in [7, 11) is 0. The van der Waals surface area contributed by atoms with Crippen LogP contribution >= 0.6 is 0 Å². The first-order valence-corrected chi connectivity index (χ1v) is 7.02. The molecular weight excluding hydrogens is 260 g/mol. The largest absolute Gasteiger partial charge is 0.268 e. The van der Waals surface area contributed by atoms with E-state index in [1.807, 2.05) is 67.6 Å². The fraction of sp³-hybridized carbons (Fsp3) is 0.111. The molecule has 0 aliphatic rings. The van der Waals surface area contributed by atoms with Crippen molar-refractivity contribution in [2.24, 2.45) is 0 Å². The summed E-state index contributed by atoms with van der Waals surface area (Å²) >= 11 is 0. The van der Waals surface area contributed by atoms with Crippen LogP contribution in [0.15, 0.2) is 71.5 Å². The molecule has 0 radical (unpaired) electrons. The monoisotopic (exact) mass is 276 g/mol. The molecule has 2 aromatic carbocycles. The van der Waals surface area contributed by atoms with Crippen LogP contribution in [-0.2, 0) is 6.54 Å². The maximum absolute atomic E-state index is 12.1. The zero-order chi connectivity index (χ0) is 14.7. The van der Waals surface area contributed by atoms with Gasteiger partial charge in [-0.2, -0.15) is 5.10 Å². The van der Waals surface area contributed by atoms with E-state index in [1.54, 1.807) is 6.07 Å². The summed E-state index contributed by atoms with van der Waals surface area (Å²) in [6, 6.07) is 21.5. The Bertz CT molecular complexity index is 792. The van der Waals surface area contributed by atoms with Gasteiger partial charge in [0.05, 0.1) is 5.69 Å². The van der Waals surface area contributed by atoms with Crippen LogP contribution in [0.3, 0.4) is 0 Å². The number of nitrogens with zero attached hydrogens (tertiary/aromatic N) is 2. The highest BCUT2D eigenvalue weighted by atomic mass is 16.1. The summed E-state index contributed by atoms with van der Waals surface area (Å²) in [6.45, 7) is 2.49. The SMILES string of the molecule is CCn1nc(-c2ccccc2)c(-c2ccccc2)cc1=O. The Balaban J connectivity index is 2.28. The van der Waals surface area contributed by atoms with Gasteiger partial charge >= 0.3 is 0 Å². The molecule has 0 spiro atoms. The number of aromatic nitrogens is 2. The van der Waals surface area contributed by atoms with E-state index >= 15 is 0 Å². The second-order valence-electron chi connectivity index (χ2n) is 4.79. The normalized spacial score (nSPS) is 10.5. The Morgan fingerprint density at radius 1 is 0.905 bits per heavy atom. The molecule has 0 fully saturated rings. The highest BCUT2D eigenvalue weighted by molar-refractivity contribution is 5.80. The fourth-order valence-corrected chi connectivity index (χ4v) is 2.36. The lowest BCUT2D eigenvalue weighted by Crippen LogP contribution is -2.22. The topological polar surface area (TPSA) is 34.9 Å². The van der Waals surface area contributed by atoms with Crippen molar-refractivity contribution < 1.29 is 0 Å². The molecule has 0 saturated carbocycles. The lowest BCUT2D eigenvalue weighted by Gasteiger charge is -2.11. The Kier molecular flexibility index (Phi) is 3.65. The first kappa shape index (κ1) is 13.3. The smallest absolute Gasteiger partial charge is 0.267 e. The first-order valence-electron chi connectivity index (χ1n) is 7.02. The zero-order valence-electron chi connectivity index (χ0n) is 11.9. The third-order valence-electron chi connectivity index (χ3n) is 3.43. The van der Waals surface area contributed by atoms with Crippen LogP contribution in [0.1, 0.15) is 6.92 Å². The lowest BCUT2D eigenvalue weighted by molar-refractivity contribution is 0.620. The second kappa shape index (κ2) is 5.75. The molecule has 0 amide bonds. The highest BCUT2D eigenvalue weighted by Crippen LogP contribution is 2.28. The van der Waals surface area contributed by atoms with E-state index in [4.69, 9.17) is 0 Å². The summed E-state index contributed by atoms with van der Waals surface area (Å²) in [5.41, 5.74) is 3.65. The molecule has 0 bridgehead atoms. The van der Waals surface area contributed by atoms with Crippen LogP contribution in [0.4, 0.5) is 0 Å². The van der Waals surface area contributed by atoms with Gasteiger partial charge in [-0.25, -0.2) is 4.68 Å². The number of hydrogen-bond acceptors (Lipinski definition) is 2. The van der Waals surface area contributed by atoms with Crippen molar-refractivity contribution in [3.63, 3.8) is 0 Å². The summed E-state index contributed by atoms with van der Waals surface area (Å²) < 4.78 is 1.49. The number of benzene rings is 2. The molecule has 0 aliphatic heterocycles. The maximum Gasteiger partial charge on any atom is 0.267 e. The van der Waals surface area contributed by atoms with Crippen LogP contribution < -0.4 is 5.56 Å². The van der Waals surface area contributed by atoms with E-state index in [0.717, 1.165) is 22.4 Å². The van der Waals surface area contributed by atoms with Gasteiger partial charge < -0.3 is 0 Å². The van der Waals surface area contributed by atoms with Gasteiger partial charge in [-0.15, -0.1) is 0 Å². The molecule has 0 aliphatic carbocycles. The van der Waals surface area contributed by atoms with Gasteiger partial charge in [-0.1, -0.05) is 60.7 Å². The van der Waals surface area contributed by atoms with Crippen LogP contribution in [0, 0.1) is 0 Å². The van der Waals surface area contributed by atoms with Gasteiger partial charge in [0.1, 0.15) is 0 Å². The predicted octanol–water partition coefficient (Wildman–Crippen LogP) is 3.60. The van der Waals surface area contributed by atoms with Gasteiger partial charge in [-0.05, 0) is 12.5 Å². The molecule has 21 heavy (non-hydrogen) atoms. The van der Waals surface area contributed by atoms with E-state index in [9.17, 15) is 4.79 Å². The van der Waals surface area contributed by atoms with Gasteiger partial charge in [0.25, 0.3) is 5.56 Å². The van der Waals surface area contributed by atoms with Crippen LogP contribution in [0.5, 0.6) is 0 Å². The van der Waals surface area contributed by atoms with E-state index < -0.39 is 0 Å². The molecule has 104 valence electrons. The van der Waals surface area contributed by atoms with Crippen LogP contribution in [0.2, 0.25) is 0 Å². The van der Waals surface area contributed by atoms with Gasteiger partial charge in [-0.3, -0.25) is 4.79 Å². The summed E-state index contributed by atoms with van der Waals surface area (Å²) in [6.07, 6.45) is 0. The van der Waals surface area contributed by atoms with Crippen molar-refractivity contribution in [2.45, 2.75) is 13.5 Å². The van der Waals surface area contributed by atoms with Gasteiger partial charge in [0.2, 0.25) is 0 Å². The molecule has 0 unspecified atom stereocenters. The third kappa shape index (κ3) is 2.63. The van der Waals surface area contributed by atoms with E-state index in [-0.39, 0.29) is 5.56 Å². The van der Waals surface area contributed by atoms with E-state index in [0.29, 0.717) is 6.54 Å². The van der Waals surface area contributed by atoms with Crippen molar-refractivity contribution >= 4 is 0 Å². The number of rotatable bonds is 3. The fourth-order valence-electron chi connectivity index (χ4n) is 2.36. The molecule has 3 aromatic rings. The minimum Gasteiger partial charge on any atom is -0.268 e. The minimum atomic E-state index is -0.0731. The molecular formula is C18H16N2O. The summed E-state index contributed by atoms with van der Waals surface area (Å²) in [5, 5.41) is 4.54. The Morgan fingerprint density at radius 3 is 2.05 bits per heavy atom. The standard InChI is InChI=1S/C18H16N2O/c1-2-20-17(21)13-16(14-9-5-3-6-10-14)18(19-20)15-11-7-4-8-12-15/h3-13H,2H2,1H3. The highest BCUT2D eigenvalue weighted by Gasteiger charge is 2.11. The van der Waals surface area contributed by atoms with Crippen LogP contribution in [-0.4, -0.2) is 9.78 Å². The lowest BCUT2D eigenvalue weighted by atomic mass is 10.0.